The fraction of sp³-hybridized carbons (Fsp3) is 0.667. The van der Waals surface area contributed by atoms with Crippen LogP contribution >= 0.6 is 0 Å². The zero-order chi connectivity index (χ0) is 16.1. The number of carbonyl (C=O) groups is 1. The van der Waals surface area contributed by atoms with Crippen molar-refractivity contribution in [1.82, 2.24) is 14.9 Å². The average molecular weight is 307 g/mol. The number of rotatable bonds is 5. The fourth-order valence-electron chi connectivity index (χ4n) is 2.73. The molecule has 0 bridgehead atoms. The lowest BCUT2D eigenvalue weighted by Gasteiger charge is -2.32. The summed E-state index contributed by atoms with van der Waals surface area (Å²) in [4.78, 5) is 24.4. The number of hydrogen-bond acceptors (Lipinski definition) is 6. The fourth-order valence-corrected chi connectivity index (χ4v) is 2.73. The van der Waals surface area contributed by atoms with Crippen LogP contribution in [0.2, 0.25) is 0 Å². The number of amides is 1. The molecule has 1 aliphatic rings. The first kappa shape index (κ1) is 16.5. The first-order valence-electron chi connectivity index (χ1n) is 7.67. The standard InChI is InChI=1S/C15H25N5O2/c1-11(22)20-7-4-5-12(10-20)14-13(16-6-8-21)9-17-15(18-14)19(2)3/h9,12,16,21H,4-8,10H2,1-3H3. The van der Waals surface area contributed by atoms with E-state index < -0.39 is 0 Å². The van der Waals surface area contributed by atoms with E-state index in [0.717, 1.165) is 30.8 Å². The summed E-state index contributed by atoms with van der Waals surface area (Å²) in [5.74, 6) is 0.960. The number of hydrogen-bond donors (Lipinski definition) is 2. The third-order valence-corrected chi connectivity index (χ3v) is 3.89. The van der Waals surface area contributed by atoms with Crippen molar-refractivity contribution < 1.29 is 9.90 Å². The number of piperidine rings is 1. The number of aromatic nitrogens is 2. The maximum Gasteiger partial charge on any atom is 0.225 e. The Balaban J connectivity index is 2.28. The minimum absolute atomic E-state index is 0.0547. The molecule has 0 aromatic carbocycles. The van der Waals surface area contributed by atoms with Gasteiger partial charge >= 0.3 is 0 Å². The molecule has 7 nitrogen and oxygen atoms in total. The van der Waals surface area contributed by atoms with Crippen LogP contribution < -0.4 is 10.2 Å². The van der Waals surface area contributed by atoms with Crippen LogP contribution in [-0.4, -0.2) is 66.2 Å². The predicted molar refractivity (Wildman–Crippen MR) is 86.2 cm³/mol. The first-order valence-corrected chi connectivity index (χ1v) is 7.67. The molecule has 1 aromatic rings. The van der Waals surface area contributed by atoms with E-state index in [1.807, 2.05) is 23.9 Å². The Kier molecular flexibility index (Phi) is 5.54. The van der Waals surface area contributed by atoms with E-state index in [-0.39, 0.29) is 18.4 Å². The van der Waals surface area contributed by atoms with Crippen molar-refractivity contribution in [2.45, 2.75) is 25.7 Å². The van der Waals surface area contributed by atoms with Gasteiger partial charge in [-0.05, 0) is 12.8 Å². The molecule has 0 radical (unpaired) electrons. The van der Waals surface area contributed by atoms with Crippen molar-refractivity contribution in [2.75, 3.05) is 50.6 Å². The highest BCUT2D eigenvalue weighted by Crippen LogP contribution is 2.31. The number of aliphatic hydroxyl groups is 1. The topological polar surface area (TPSA) is 81.6 Å². The summed E-state index contributed by atoms with van der Waals surface area (Å²) in [6.45, 7) is 3.63. The maximum atomic E-state index is 11.6. The van der Waals surface area contributed by atoms with Crippen LogP contribution in [0.4, 0.5) is 11.6 Å². The summed E-state index contributed by atoms with van der Waals surface area (Å²) < 4.78 is 0. The minimum atomic E-state index is 0.0547. The zero-order valence-corrected chi connectivity index (χ0v) is 13.5. The third-order valence-electron chi connectivity index (χ3n) is 3.89. The van der Waals surface area contributed by atoms with Crippen LogP contribution in [0.1, 0.15) is 31.4 Å². The largest absolute Gasteiger partial charge is 0.395 e. The SMILES string of the molecule is CC(=O)N1CCCC(c2nc(N(C)C)ncc2NCCO)C1. The number of anilines is 2. The summed E-state index contributed by atoms with van der Waals surface area (Å²) in [5, 5.41) is 12.2. The highest BCUT2D eigenvalue weighted by molar-refractivity contribution is 5.73. The van der Waals surface area contributed by atoms with Crippen molar-refractivity contribution >= 4 is 17.5 Å². The molecule has 22 heavy (non-hydrogen) atoms. The lowest BCUT2D eigenvalue weighted by Crippen LogP contribution is -2.38. The second-order valence-corrected chi connectivity index (χ2v) is 5.82. The Bertz CT molecular complexity index is 521. The van der Waals surface area contributed by atoms with Crippen LogP contribution in [-0.2, 0) is 4.79 Å². The van der Waals surface area contributed by atoms with Gasteiger partial charge in [-0.3, -0.25) is 4.79 Å². The van der Waals surface area contributed by atoms with Gasteiger partial charge in [0, 0.05) is 46.6 Å². The van der Waals surface area contributed by atoms with Gasteiger partial charge in [-0.25, -0.2) is 9.97 Å². The third kappa shape index (κ3) is 3.85. The van der Waals surface area contributed by atoms with Crippen molar-refractivity contribution in [3.05, 3.63) is 11.9 Å². The molecule has 122 valence electrons. The Labute approximate surface area is 131 Å². The molecule has 1 aromatic heterocycles. The van der Waals surface area contributed by atoms with Gasteiger partial charge in [0.1, 0.15) is 0 Å². The molecule has 0 spiro atoms. The van der Waals surface area contributed by atoms with Crippen molar-refractivity contribution in [1.29, 1.82) is 0 Å². The van der Waals surface area contributed by atoms with E-state index >= 15 is 0 Å². The molecule has 7 heteroatoms. The summed E-state index contributed by atoms with van der Waals surface area (Å²) in [7, 11) is 3.81. The van der Waals surface area contributed by atoms with Gasteiger partial charge in [0.15, 0.2) is 0 Å². The molecule has 1 unspecified atom stereocenters. The van der Waals surface area contributed by atoms with E-state index in [9.17, 15) is 4.79 Å². The Morgan fingerprint density at radius 1 is 1.55 bits per heavy atom. The molecule has 2 rings (SSSR count). The molecular formula is C15H25N5O2. The van der Waals surface area contributed by atoms with Crippen LogP contribution in [0.3, 0.4) is 0 Å². The Morgan fingerprint density at radius 2 is 2.32 bits per heavy atom. The molecule has 1 atom stereocenters. The molecule has 2 heterocycles. The van der Waals surface area contributed by atoms with Gasteiger partial charge in [-0.1, -0.05) is 0 Å². The van der Waals surface area contributed by atoms with Crippen LogP contribution in [0.25, 0.3) is 0 Å². The summed E-state index contributed by atoms with van der Waals surface area (Å²) in [5.41, 5.74) is 1.77. The number of nitrogens with zero attached hydrogens (tertiary/aromatic N) is 4. The second-order valence-electron chi connectivity index (χ2n) is 5.82. The number of aliphatic hydroxyl groups excluding tert-OH is 1. The van der Waals surface area contributed by atoms with Crippen molar-refractivity contribution in [3.8, 4) is 0 Å². The van der Waals surface area contributed by atoms with Gasteiger partial charge in [-0.2, -0.15) is 0 Å². The minimum Gasteiger partial charge on any atom is -0.395 e. The summed E-state index contributed by atoms with van der Waals surface area (Å²) >= 11 is 0. The monoisotopic (exact) mass is 307 g/mol. The van der Waals surface area contributed by atoms with Gasteiger partial charge in [0.05, 0.1) is 24.2 Å². The van der Waals surface area contributed by atoms with E-state index in [1.54, 1.807) is 13.1 Å². The molecule has 1 fully saturated rings. The average Bonchev–Trinajstić information content (AvgIpc) is 2.52. The van der Waals surface area contributed by atoms with Crippen molar-refractivity contribution in [3.63, 3.8) is 0 Å². The molecular weight excluding hydrogens is 282 g/mol. The molecule has 2 N–H and O–H groups in total. The lowest BCUT2D eigenvalue weighted by atomic mass is 9.93. The van der Waals surface area contributed by atoms with Gasteiger partial charge in [-0.15, -0.1) is 0 Å². The number of nitrogens with one attached hydrogen (secondary N) is 1. The highest BCUT2D eigenvalue weighted by atomic mass is 16.3. The lowest BCUT2D eigenvalue weighted by molar-refractivity contribution is -0.130. The van der Waals surface area contributed by atoms with Crippen molar-refractivity contribution in [2.24, 2.45) is 0 Å². The summed E-state index contributed by atoms with van der Waals surface area (Å²) in [6.07, 6.45) is 3.74. The quantitative estimate of drug-likeness (QED) is 0.832. The number of carbonyl (C=O) groups excluding carboxylic acids is 1. The molecule has 1 saturated heterocycles. The maximum absolute atomic E-state index is 11.6. The molecule has 0 aliphatic carbocycles. The Morgan fingerprint density at radius 3 is 2.95 bits per heavy atom. The Hall–Kier alpha value is -1.89. The first-order chi connectivity index (χ1) is 10.5. The zero-order valence-electron chi connectivity index (χ0n) is 13.5. The van der Waals surface area contributed by atoms with Crippen LogP contribution in [0.15, 0.2) is 6.20 Å². The van der Waals surface area contributed by atoms with E-state index in [0.29, 0.717) is 19.0 Å². The van der Waals surface area contributed by atoms with E-state index in [1.165, 1.54) is 0 Å². The van der Waals surface area contributed by atoms with E-state index in [4.69, 9.17) is 5.11 Å². The van der Waals surface area contributed by atoms with Gasteiger partial charge in [0.2, 0.25) is 11.9 Å². The summed E-state index contributed by atoms with van der Waals surface area (Å²) in [6, 6.07) is 0. The van der Waals surface area contributed by atoms with Crippen LogP contribution in [0.5, 0.6) is 0 Å². The second kappa shape index (κ2) is 7.40. The molecule has 1 amide bonds. The van der Waals surface area contributed by atoms with Gasteiger partial charge in [0.25, 0.3) is 0 Å². The highest BCUT2D eigenvalue weighted by Gasteiger charge is 2.26. The normalized spacial score (nSPS) is 18.2. The predicted octanol–water partition coefficient (Wildman–Crippen LogP) is 0.673. The number of likely N-dealkylation sites (tertiary alicyclic amines) is 1. The van der Waals surface area contributed by atoms with E-state index in [2.05, 4.69) is 15.3 Å². The van der Waals surface area contributed by atoms with Gasteiger partial charge < -0.3 is 20.2 Å². The molecule has 0 saturated carbocycles. The van der Waals surface area contributed by atoms with Crippen LogP contribution in [0, 0.1) is 0 Å². The molecule has 1 aliphatic heterocycles. The smallest absolute Gasteiger partial charge is 0.225 e.